The van der Waals surface area contributed by atoms with Gasteiger partial charge < -0.3 is 0 Å². The molecule has 0 spiro atoms. The Kier molecular flexibility index (Phi) is 8.42. The van der Waals surface area contributed by atoms with Gasteiger partial charge in [-0.2, -0.15) is 0 Å². The van der Waals surface area contributed by atoms with Gasteiger partial charge in [0.05, 0.1) is 0 Å². The Hall–Kier alpha value is -1.11. The fraction of sp³-hybridized carbons (Fsp3) is 0.692. The molecule has 150 valence electrons. The van der Waals surface area contributed by atoms with Crippen molar-refractivity contribution in [3.8, 4) is 0 Å². The molecule has 27 heavy (non-hydrogen) atoms. The highest BCUT2D eigenvalue weighted by atomic mass is 19.1. The number of hydrogen-bond acceptors (Lipinski definition) is 0. The first kappa shape index (κ1) is 20.6. The molecule has 2 saturated carbocycles. The Balaban J connectivity index is 1.29. The van der Waals surface area contributed by atoms with Crippen molar-refractivity contribution in [3.63, 3.8) is 0 Å². The lowest BCUT2D eigenvalue weighted by atomic mass is 9.74. The molecule has 0 saturated heterocycles. The average Bonchev–Trinajstić information content (AvgIpc) is 2.72. The summed E-state index contributed by atoms with van der Waals surface area (Å²) in [5, 5.41) is 0. The zero-order chi connectivity index (χ0) is 18.9. The lowest BCUT2D eigenvalue weighted by Crippen LogP contribution is -2.17. The lowest BCUT2D eigenvalue weighted by Gasteiger charge is -2.32. The minimum Gasteiger partial charge on any atom is -0.207 e. The fourth-order valence-electron chi connectivity index (χ4n) is 5.49. The Bertz CT molecular complexity index is 542. The van der Waals surface area contributed by atoms with Gasteiger partial charge in [-0.3, -0.25) is 0 Å². The molecule has 1 heteroatoms. The second-order valence-corrected chi connectivity index (χ2v) is 9.23. The molecule has 0 amide bonds. The minimum absolute atomic E-state index is 0.111. The first-order valence-electron chi connectivity index (χ1n) is 11.6. The van der Waals surface area contributed by atoms with Gasteiger partial charge in [-0.25, -0.2) is 4.39 Å². The van der Waals surface area contributed by atoms with Crippen LogP contribution in [-0.2, 0) is 0 Å². The van der Waals surface area contributed by atoms with Gasteiger partial charge in [-0.15, -0.1) is 0 Å². The maximum absolute atomic E-state index is 13.1. The molecule has 3 rings (SSSR count). The third kappa shape index (κ3) is 6.77. The van der Waals surface area contributed by atoms with Gasteiger partial charge in [-0.05, 0) is 86.8 Å². The highest BCUT2D eigenvalue weighted by Crippen LogP contribution is 2.40. The first-order valence-corrected chi connectivity index (χ1v) is 11.6. The zero-order valence-electron chi connectivity index (χ0n) is 17.3. The van der Waals surface area contributed by atoms with Gasteiger partial charge in [0.1, 0.15) is 5.82 Å². The summed E-state index contributed by atoms with van der Waals surface area (Å²) >= 11 is 0. The predicted octanol–water partition coefficient (Wildman–Crippen LogP) is 8.43. The molecule has 0 unspecified atom stereocenters. The van der Waals surface area contributed by atoms with Gasteiger partial charge in [-0.1, -0.05) is 69.2 Å². The summed E-state index contributed by atoms with van der Waals surface area (Å²) in [6.45, 7) is 2.13. The van der Waals surface area contributed by atoms with Crippen LogP contribution in [0.1, 0.15) is 102 Å². The summed E-state index contributed by atoms with van der Waals surface area (Å²) < 4.78 is 13.1. The van der Waals surface area contributed by atoms with E-state index in [1.807, 2.05) is 12.1 Å². The lowest BCUT2D eigenvalue weighted by molar-refractivity contribution is 0.223. The van der Waals surface area contributed by atoms with Gasteiger partial charge in [0, 0.05) is 0 Å². The van der Waals surface area contributed by atoms with Crippen LogP contribution in [0.3, 0.4) is 0 Å². The van der Waals surface area contributed by atoms with E-state index in [9.17, 15) is 4.39 Å². The summed E-state index contributed by atoms with van der Waals surface area (Å²) in [5.41, 5.74) is 1.35. The highest BCUT2D eigenvalue weighted by Gasteiger charge is 2.25. The van der Waals surface area contributed by atoms with E-state index in [1.165, 1.54) is 89.0 Å². The summed E-state index contributed by atoms with van der Waals surface area (Å²) in [7, 11) is 0. The smallest absolute Gasteiger partial charge is 0.123 e. The van der Waals surface area contributed by atoms with Crippen molar-refractivity contribution in [1.82, 2.24) is 0 Å². The Morgan fingerprint density at radius 3 is 1.85 bits per heavy atom. The number of rotatable bonds is 8. The topological polar surface area (TPSA) is 0 Å². The molecule has 1 aromatic carbocycles. The molecule has 1 aromatic rings. The van der Waals surface area contributed by atoms with Crippen LogP contribution < -0.4 is 0 Å². The fourth-order valence-corrected chi connectivity index (χ4v) is 5.49. The quantitative estimate of drug-likeness (QED) is 0.318. The summed E-state index contributed by atoms with van der Waals surface area (Å²) in [5.74, 6) is 3.52. The molecule has 0 atom stereocenters. The van der Waals surface area contributed by atoms with Gasteiger partial charge in [0.25, 0.3) is 0 Å². The van der Waals surface area contributed by atoms with Crippen LogP contribution in [0.15, 0.2) is 36.4 Å². The predicted molar refractivity (Wildman–Crippen MR) is 114 cm³/mol. The average molecular weight is 371 g/mol. The van der Waals surface area contributed by atoms with Crippen molar-refractivity contribution >= 4 is 0 Å². The third-order valence-electron chi connectivity index (χ3n) is 7.36. The SMILES string of the molecule is C/C=C\CCCC1CCC(CCC2CCC(c3ccc(F)cc3)CC2)CC1. The number of halogens is 1. The molecular formula is C26H39F. The van der Waals surface area contributed by atoms with E-state index in [-0.39, 0.29) is 5.82 Å². The second-order valence-electron chi connectivity index (χ2n) is 9.23. The van der Waals surface area contributed by atoms with Crippen molar-refractivity contribution in [2.45, 2.75) is 96.3 Å². The van der Waals surface area contributed by atoms with Crippen molar-refractivity contribution < 1.29 is 4.39 Å². The third-order valence-corrected chi connectivity index (χ3v) is 7.36. The van der Waals surface area contributed by atoms with Crippen molar-refractivity contribution in [3.05, 3.63) is 47.8 Å². The summed E-state index contributed by atoms with van der Waals surface area (Å²) in [6, 6.07) is 7.24. The first-order chi connectivity index (χ1) is 13.2. The second kappa shape index (κ2) is 11.0. The summed E-state index contributed by atoms with van der Waals surface area (Å²) in [6.07, 6.45) is 22.8. The van der Waals surface area contributed by atoms with Crippen LogP contribution in [0.4, 0.5) is 4.39 Å². The number of unbranched alkanes of at least 4 members (excludes halogenated alkanes) is 1. The molecule has 0 nitrogen and oxygen atoms in total. The molecule has 0 radical (unpaired) electrons. The van der Waals surface area contributed by atoms with Crippen molar-refractivity contribution in [1.29, 1.82) is 0 Å². The number of allylic oxidation sites excluding steroid dienone is 2. The van der Waals surface area contributed by atoms with Crippen molar-refractivity contribution in [2.24, 2.45) is 17.8 Å². The van der Waals surface area contributed by atoms with Crippen molar-refractivity contribution in [2.75, 3.05) is 0 Å². The van der Waals surface area contributed by atoms with E-state index in [1.54, 1.807) is 12.1 Å². The Morgan fingerprint density at radius 2 is 1.30 bits per heavy atom. The molecule has 0 aliphatic heterocycles. The van der Waals surface area contributed by atoms with Crippen LogP contribution in [0.2, 0.25) is 0 Å². The van der Waals surface area contributed by atoms with Crippen LogP contribution in [-0.4, -0.2) is 0 Å². The number of benzene rings is 1. The molecule has 0 heterocycles. The standard InChI is InChI=1S/C26H39F/c1-2-3-4-5-6-21-7-9-22(10-8-21)11-12-23-13-15-24(16-14-23)25-17-19-26(27)20-18-25/h2-3,17-24H,4-16H2,1H3/b3-2-. The molecule has 2 aliphatic carbocycles. The van der Waals surface area contributed by atoms with Crippen LogP contribution in [0.25, 0.3) is 0 Å². The summed E-state index contributed by atoms with van der Waals surface area (Å²) in [4.78, 5) is 0. The molecule has 2 aliphatic rings. The molecule has 2 fully saturated rings. The highest BCUT2D eigenvalue weighted by molar-refractivity contribution is 5.20. The van der Waals surface area contributed by atoms with E-state index >= 15 is 0 Å². The normalized spacial score (nSPS) is 29.3. The largest absolute Gasteiger partial charge is 0.207 e. The van der Waals surface area contributed by atoms with E-state index in [4.69, 9.17) is 0 Å². The van der Waals surface area contributed by atoms with E-state index in [0.717, 1.165) is 17.8 Å². The van der Waals surface area contributed by atoms with Crippen LogP contribution in [0.5, 0.6) is 0 Å². The van der Waals surface area contributed by atoms with Crippen LogP contribution in [0, 0.1) is 23.6 Å². The molecule has 0 N–H and O–H groups in total. The molecule has 0 bridgehead atoms. The number of hydrogen-bond donors (Lipinski definition) is 0. The Labute approximate surface area is 166 Å². The molecular weight excluding hydrogens is 331 g/mol. The van der Waals surface area contributed by atoms with Gasteiger partial charge >= 0.3 is 0 Å². The van der Waals surface area contributed by atoms with E-state index in [2.05, 4.69) is 19.1 Å². The minimum atomic E-state index is -0.111. The van der Waals surface area contributed by atoms with Gasteiger partial charge in [0.15, 0.2) is 0 Å². The van der Waals surface area contributed by atoms with Crippen LogP contribution >= 0.6 is 0 Å². The van der Waals surface area contributed by atoms with Gasteiger partial charge in [0.2, 0.25) is 0 Å². The van der Waals surface area contributed by atoms with E-state index < -0.39 is 0 Å². The molecule has 0 aromatic heterocycles. The zero-order valence-corrected chi connectivity index (χ0v) is 17.3. The maximum atomic E-state index is 13.1. The monoisotopic (exact) mass is 370 g/mol. The van der Waals surface area contributed by atoms with E-state index in [0.29, 0.717) is 5.92 Å². The maximum Gasteiger partial charge on any atom is 0.123 e. The Morgan fingerprint density at radius 1 is 0.778 bits per heavy atom.